The van der Waals surface area contributed by atoms with Gasteiger partial charge in [0.25, 0.3) is 0 Å². The van der Waals surface area contributed by atoms with E-state index in [1.54, 1.807) is 6.08 Å². The number of benzene rings is 1. The maximum Gasteiger partial charge on any atom is 0.235 e. The molecule has 1 heterocycles. The summed E-state index contributed by atoms with van der Waals surface area (Å²) in [5.41, 5.74) is 2.16. The molecule has 1 aliphatic rings. The van der Waals surface area contributed by atoms with Crippen LogP contribution in [0.25, 0.3) is 11.1 Å². The molecule has 1 aromatic carbocycles. The van der Waals surface area contributed by atoms with Gasteiger partial charge >= 0.3 is 0 Å². The Labute approximate surface area is 98.4 Å². The van der Waals surface area contributed by atoms with Crippen molar-refractivity contribution in [3.05, 3.63) is 29.7 Å². The summed E-state index contributed by atoms with van der Waals surface area (Å²) in [4.78, 5) is 19.0. The van der Waals surface area contributed by atoms with Crippen LogP contribution in [0.2, 0.25) is 0 Å². The second kappa shape index (κ2) is 3.54. The van der Waals surface area contributed by atoms with Crippen molar-refractivity contribution in [1.82, 2.24) is 4.98 Å². The number of fused-ring (bicyclic) bond motifs is 1. The van der Waals surface area contributed by atoms with Crippen molar-refractivity contribution in [2.24, 2.45) is 4.99 Å². The zero-order valence-corrected chi connectivity index (χ0v) is 9.56. The van der Waals surface area contributed by atoms with Crippen LogP contribution in [0, 0.1) is 6.92 Å². The van der Waals surface area contributed by atoms with Crippen LogP contribution in [-0.4, -0.2) is 11.1 Å². The maximum absolute atomic E-state index is 10.6. The lowest BCUT2D eigenvalue weighted by Crippen LogP contribution is -2.32. The molecule has 1 fully saturated rings. The SMILES string of the molecule is Cc1nc2c(C3(N=C=O)CCC3)cccc2o1. The van der Waals surface area contributed by atoms with Gasteiger partial charge in [-0.25, -0.2) is 9.78 Å². The van der Waals surface area contributed by atoms with E-state index in [2.05, 4.69) is 9.98 Å². The van der Waals surface area contributed by atoms with Crippen LogP contribution in [0.3, 0.4) is 0 Å². The molecule has 1 saturated carbocycles. The highest BCUT2D eigenvalue weighted by atomic mass is 16.3. The minimum absolute atomic E-state index is 0.412. The number of para-hydroxylation sites is 1. The number of oxazole rings is 1. The number of aryl methyl sites for hydroxylation is 1. The van der Waals surface area contributed by atoms with Gasteiger partial charge in [0.2, 0.25) is 6.08 Å². The number of hydrogen-bond acceptors (Lipinski definition) is 4. The third-order valence-electron chi connectivity index (χ3n) is 3.47. The van der Waals surface area contributed by atoms with E-state index in [0.717, 1.165) is 35.9 Å². The van der Waals surface area contributed by atoms with Crippen molar-refractivity contribution in [1.29, 1.82) is 0 Å². The van der Waals surface area contributed by atoms with E-state index in [0.29, 0.717) is 5.89 Å². The second-order valence-corrected chi connectivity index (χ2v) is 4.47. The molecule has 0 spiro atoms. The fourth-order valence-electron chi connectivity index (χ4n) is 2.48. The Balaban J connectivity index is 2.25. The quantitative estimate of drug-likeness (QED) is 0.586. The second-order valence-electron chi connectivity index (χ2n) is 4.47. The molecular weight excluding hydrogens is 216 g/mol. The van der Waals surface area contributed by atoms with Gasteiger partial charge in [-0.2, -0.15) is 4.99 Å². The molecular formula is C13H12N2O2. The smallest absolute Gasteiger partial charge is 0.235 e. The van der Waals surface area contributed by atoms with Gasteiger partial charge in [-0.3, -0.25) is 0 Å². The zero-order chi connectivity index (χ0) is 11.9. The monoisotopic (exact) mass is 228 g/mol. The van der Waals surface area contributed by atoms with Crippen LogP contribution in [-0.2, 0) is 10.3 Å². The molecule has 2 aromatic rings. The minimum Gasteiger partial charge on any atom is -0.441 e. The van der Waals surface area contributed by atoms with Crippen molar-refractivity contribution < 1.29 is 9.21 Å². The first-order valence-electron chi connectivity index (χ1n) is 5.71. The standard InChI is InChI=1S/C13H12N2O2/c1-9-15-12-10(4-2-5-11(12)17-9)13(14-8-16)6-3-7-13/h2,4-5H,3,6-7H2,1H3. The van der Waals surface area contributed by atoms with Gasteiger partial charge < -0.3 is 4.42 Å². The van der Waals surface area contributed by atoms with E-state index in [1.165, 1.54) is 0 Å². The Bertz CT molecular complexity index is 619. The molecule has 0 radical (unpaired) electrons. The highest BCUT2D eigenvalue weighted by Gasteiger charge is 2.40. The van der Waals surface area contributed by atoms with Gasteiger partial charge in [-0.1, -0.05) is 12.1 Å². The van der Waals surface area contributed by atoms with E-state index in [-0.39, 0.29) is 0 Å². The number of rotatable bonds is 2. The Morgan fingerprint density at radius 3 is 2.94 bits per heavy atom. The van der Waals surface area contributed by atoms with Crippen LogP contribution in [0.4, 0.5) is 0 Å². The van der Waals surface area contributed by atoms with Gasteiger partial charge in [-0.05, 0) is 25.3 Å². The molecule has 86 valence electrons. The molecule has 0 N–H and O–H groups in total. The van der Waals surface area contributed by atoms with Crippen molar-refractivity contribution in [2.75, 3.05) is 0 Å². The van der Waals surface area contributed by atoms with Gasteiger partial charge in [0.05, 0.1) is 0 Å². The summed E-state index contributed by atoms with van der Waals surface area (Å²) in [6.45, 7) is 1.82. The molecule has 4 heteroatoms. The molecule has 1 aromatic heterocycles. The van der Waals surface area contributed by atoms with E-state index < -0.39 is 5.54 Å². The van der Waals surface area contributed by atoms with Crippen LogP contribution >= 0.6 is 0 Å². The van der Waals surface area contributed by atoms with Crippen molar-refractivity contribution in [2.45, 2.75) is 31.7 Å². The first-order chi connectivity index (χ1) is 8.25. The van der Waals surface area contributed by atoms with Crippen LogP contribution in [0.5, 0.6) is 0 Å². The molecule has 0 aliphatic heterocycles. The summed E-state index contributed by atoms with van der Waals surface area (Å²) < 4.78 is 5.50. The average molecular weight is 228 g/mol. The molecule has 3 rings (SSSR count). The summed E-state index contributed by atoms with van der Waals surface area (Å²) in [7, 11) is 0. The Hall–Kier alpha value is -1.93. The molecule has 0 bridgehead atoms. The lowest BCUT2D eigenvalue weighted by molar-refractivity contribution is 0.258. The van der Waals surface area contributed by atoms with Gasteiger partial charge in [-0.15, -0.1) is 0 Å². The molecule has 0 amide bonds. The molecule has 17 heavy (non-hydrogen) atoms. The highest BCUT2D eigenvalue weighted by molar-refractivity contribution is 5.78. The predicted molar refractivity (Wildman–Crippen MR) is 62.4 cm³/mol. The molecule has 0 unspecified atom stereocenters. The van der Waals surface area contributed by atoms with Crippen LogP contribution in [0.1, 0.15) is 30.7 Å². The van der Waals surface area contributed by atoms with Gasteiger partial charge in [0.15, 0.2) is 11.5 Å². The summed E-state index contributed by atoms with van der Waals surface area (Å²) in [5.74, 6) is 0.636. The largest absolute Gasteiger partial charge is 0.441 e. The lowest BCUT2D eigenvalue weighted by Gasteiger charge is -2.36. The molecule has 4 nitrogen and oxygen atoms in total. The Morgan fingerprint density at radius 1 is 1.47 bits per heavy atom. The van der Waals surface area contributed by atoms with E-state index >= 15 is 0 Å². The minimum atomic E-state index is -0.412. The summed E-state index contributed by atoms with van der Waals surface area (Å²) >= 11 is 0. The number of nitrogens with zero attached hydrogens (tertiary/aromatic N) is 2. The topological polar surface area (TPSA) is 55.5 Å². The number of aromatic nitrogens is 1. The first-order valence-corrected chi connectivity index (χ1v) is 5.71. The lowest BCUT2D eigenvalue weighted by atomic mass is 9.72. The number of aliphatic imine (C=N–C) groups is 1. The van der Waals surface area contributed by atoms with Crippen LogP contribution < -0.4 is 0 Å². The van der Waals surface area contributed by atoms with Gasteiger partial charge in [0.1, 0.15) is 11.1 Å². The van der Waals surface area contributed by atoms with E-state index in [1.807, 2.05) is 25.1 Å². The fourth-order valence-corrected chi connectivity index (χ4v) is 2.48. The maximum atomic E-state index is 10.6. The number of carbonyl (C=O) groups excluding carboxylic acids is 1. The molecule has 0 saturated heterocycles. The first kappa shape index (κ1) is 10.2. The fraction of sp³-hybridized carbons (Fsp3) is 0.385. The van der Waals surface area contributed by atoms with Crippen molar-refractivity contribution in [3.63, 3.8) is 0 Å². The predicted octanol–water partition coefficient (Wildman–Crippen LogP) is 2.85. The van der Waals surface area contributed by atoms with Crippen LogP contribution in [0.15, 0.2) is 27.6 Å². The van der Waals surface area contributed by atoms with E-state index in [4.69, 9.17) is 4.42 Å². The third kappa shape index (κ3) is 1.41. The normalized spacial score (nSPS) is 17.5. The highest BCUT2D eigenvalue weighted by Crippen LogP contribution is 2.46. The average Bonchev–Trinajstić information content (AvgIpc) is 2.63. The van der Waals surface area contributed by atoms with E-state index in [9.17, 15) is 4.79 Å². The third-order valence-corrected chi connectivity index (χ3v) is 3.47. The molecule has 1 aliphatic carbocycles. The van der Waals surface area contributed by atoms with Gasteiger partial charge in [0, 0.05) is 12.5 Å². The molecule has 0 atom stereocenters. The zero-order valence-electron chi connectivity index (χ0n) is 9.56. The summed E-state index contributed by atoms with van der Waals surface area (Å²) in [5, 5.41) is 0. The summed E-state index contributed by atoms with van der Waals surface area (Å²) in [6, 6.07) is 5.78. The summed E-state index contributed by atoms with van der Waals surface area (Å²) in [6.07, 6.45) is 4.54. The van der Waals surface area contributed by atoms with Crippen molar-refractivity contribution in [3.8, 4) is 0 Å². The Kier molecular flexibility index (Phi) is 2.13. The number of hydrogen-bond donors (Lipinski definition) is 0. The Morgan fingerprint density at radius 2 is 2.29 bits per heavy atom. The number of isocyanates is 1. The van der Waals surface area contributed by atoms with Crippen molar-refractivity contribution >= 4 is 17.2 Å².